The van der Waals surface area contributed by atoms with Crippen molar-refractivity contribution in [3.63, 3.8) is 0 Å². The van der Waals surface area contributed by atoms with E-state index in [0.717, 1.165) is 30.3 Å². The van der Waals surface area contributed by atoms with Gasteiger partial charge in [-0.1, -0.05) is 6.92 Å². The first-order valence-corrected chi connectivity index (χ1v) is 6.70. The molecule has 3 unspecified atom stereocenters. The smallest absolute Gasteiger partial charge is 0.310 e. The van der Waals surface area contributed by atoms with Crippen molar-refractivity contribution < 1.29 is 23.9 Å². The lowest BCUT2D eigenvalue weighted by atomic mass is 10.1. The molecule has 0 amide bonds. The number of ether oxygens (including phenoxy) is 1. The Balaban J connectivity index is 2.56. The number of quaternary nitrogens is 1. The Morgan fingerprint density at radius 2 is 1.94 bits per heavy atom. The summed E-state index contributed by atoms with van der Waals surface area (Å²) < 4.78 is 6.23. The first-order chi connectivity index (χ1) is 8.43. The number of hydrogen-bond donors (Lipinski definition) is 1. The van der Waals surface area contributed by atoms with E-state index >= 15 is 0 Å². The van der Waals surface area contributed by atoms with E-state index < -0.39 is 11.9 Å². The number of esters is 1. The number of nitrogens with zero attached hydrogens (tertiary/aromatic N) is 1. The van der Waals surface area contributed by atoms with Gasteiger partial charge in [-0.05, 0) is 13.3 Å². The fourth-order valence-electron chi connectivity index (χ4n) is 2.84. The highest BCUT2D eigenvalue weighted by Crippen LogP contribution is 2.33. The SMILES string of the molecule is CCC1CCC(OC(=O)CCC(=O)O)[N+]1(C)CC. The molecule has 1 rings (SSSR count). The van der Waals surface area contributed by atoms with E-state index in [1.165, 1.54) is 0 Å². The average molecular weight is 258 g/mol. The molecule has 0 aromatic heterocycles. The molecule has 1 heterocycles. The van der Waals surface area contributed by atoms with Crippen LogP contribution in [0.3, 0.4) is 0 Å². The molecule has 0 saturated carbocycles. The summed E-state index contributed by atoms with van der Waals surface area (Å²) in [4.78, 5) is 22.0. The van der Waals surface area contributed by atoms with Crippen LogP contribution >= 0.6 is 0 Å². The Labute approximate surface area is 108 Å². The highest BCUT2D eigenvalue weighted by atomic mass is 16.6. The van der Waals surface area contributed by atoms with Crippen LogP contribution in [-0.2, 0) is 14.3 Å². The average Bonchev–Trinajstić information content (AvgIpc) is 2.64. The molecule has 0 radical (unpaired) electrons. The minimum Gasteiger partial charge on any atom is -0.481 e. The first kappa shape index (κ1) is 15.0. The van der Waals surface area contributed by atoms with Gasteiger partial charge in [0.05, 0.1) is 32.5 Å². The Morgan fingerprint density at radius 1 is 1.28 bits per heavy atom. The van der Waals surface area contributed by atoms with E-state index in [1.54, 1.807) is 0 Å². The van der Waals surface area contributed by atoms with E-state index in [-0.39, 0.29) is 19.1 Å². The maximum atomic E-state index is 11.6. The van der Waals surface area contributed by atoms with Crippen LogP contribution in [0.2, 0.25) is 0 Å². The van der Waals surface area contributed by atoms with Gasteiger partial charge >= 0.3 is 11.9 Å². The number of carboxylic acids is 1. The van der Waals surface area contributed by atoms with E-state index in [9.17, 15) is 9.59 Å². The molecule has 5 heteroatoms. The zero-order valence-corrected chi connectivity index (χ0v) is 11.5. The van der Waals surface area contributed by atoms with Crippen LogP contribution in [0.15, 0.2) is 0 Å². The highest BCUT2D eigenvalue weighted by Gasteiger charge is 2.46. The summed E-state index contributed by atoms with van der Waals surface area (Å²) in [6.07, 6.45) is 2.72. The van der Waals surface area contributed by atoms with Gasteiger partial charge in [0, 0.05) is 12.8 Å². The molecule has 0 spiro atoms. The molecule has 0 aromatic rings. The van der Waals surface area contributed by atoms with Crippen LogP contribution in [0.25, 0.3) is 0 Å². The number of hydrogen-bond acceptors (Lipinski definition) is 3. The summed E-state index contributed by atoms with van der Waals surface area (Å²) in [6.45, 7) is 5.19. The summed E-state index contributed by atoms with van der Waals surface area (Å²) in [7, 11) is 2.12. The second-order valence-corrected chi connectivity index (χ2v) is 5.14. The van der Waals surface area contributed by atoms with Gasteiger partial charge in [-0.3, -0.25) is 14.1 Å². The molecule has 3 atom stereocenters. The summed E-state index contributed by atoms with van der Waals surface area (Å²) in [5.74, 6) is -1.35. The second kappa shape index (κ2) is 6.18. The Hall–Kier alpha value is -1.10. The molecule has 0 aliphatic carbocycles. The van der Waals surface area contributed by atoms with E-state index in [1.807, 2.05) is 0 Å². The molecular formula is C13H24NO4+. The topological polar surface area (TPSA) is 63.6 Å². The summed E-state index contributed by atoms with van der Waals surface area (Å²) in [6, 6.07) is 0.535. The fourth-order valence-corrected chi connectivity index (χ4v) is 2.84. The highest BCUT2D eigenvalue weighted by molar-refractivity contribution is 5.76. The van der Waals surface area contributed by atoms with Gasteiger partial charge < -0.3 is 9.84 Å². The third-order valence-corrected chi connectivity index (χ3v) is 4.20. The number of aliphatic carboxylic acids is 1. The van der Waals surface area contributed by atoms with Crippen molar-refractivity contribution in [3.8, 4) is 0 Å². The molecule has 1 saturated heterocycles. The number of rotatable bonds is 6. The van der Waals surface area contributed by atoms with Crippen LogP contribution in [0.5, 0.6) is 0 Å². The van der Waals surface area contributed by atoms with Crippen LogP contribution in [0.4, 0.5) is 0 Å². The molecule has 1 aliphatic heterocycles. The van der Waals surface area contributed by atoms with Crippen LogP contribution in [-0.4, -0.2) is 47.4 Å². The van der Waals surface area contributed by atoms with E-state index in [4.69, 9.17) is 9.84 Å². The van der Waals surface area contributed by atoms with Gasteiger partial charge in [-0.25, -0.2) is 0 Å². The molecular weight excluding hydrogens is 234 g/mol. The van der Waals surface area contributed by atoms with Crippen molar-refractivity contribution in [2.24, 2.45) is 0 Å². The molecule has 0 aromatic carbocycles. The standard InChI is InChI=1S/C13H23NO4/c1-4-10-6-7-11(14(10,3)5-2)18-13(17)9-8-12(15)16/h10-11H,4-9H2,1-3H3/p+1. The summed E-state index contributed by atoms with van der Waals surface area (Å²) in [5.41, 5.74) is 0. The molecule has 5 nitrogen and oxygen atoms in total. The molecule has 18 heavy (non-hydrogen) atoms. The summed E-state index contributed by atoms with van der Waals surface area (Å²) >= 11 is 0. The number of carbonyl (C=O) groups excluding carboxylic acids is 1. The number of carbonyl (C=O) groups is 2. The van der Waals surface area contributed by atoms with Crippen molar-refractivity contribution in [1.82, 2.24) is 0 Å². The Bertz CT molecular complexity index is 318. The van der Waals surface area contributed by atoms with Gasteiger partial charge in [0.2, 0.25) is 6.23 Å². The van der Waals surface area contributed by atoms with Crippen LogP contribution in [0, 0.1) is 0 Å². The monoisotopic (exact) mass is 258 g/mol. The zero-order valence-electron chi connectivity index (χ0n) is 11.5. The fraction of sp³-hybridized carbons (Fsp3) is 0.846. The third kappa shape index (κ3) is 3.22. The van der Waals surface area contributed by atoms with E-state index in [2.05, 4.69) is 20.9 Å². The van der Waals surface area contributed by atoms with Crippen molar-refractivity contribution in [2.45, 2.75) is 58.2 Å². The van der Waals surface area contributed by atoms with Gasteiger partial charge in [-0.15, -0.1) is 0 Å². The predicted molar refractivity (Wildman–Crippen MR) is 66.8 cm³/mol. The van der Waals surface area contributed by atoms with Crippen LogP contribution in [0.1, 0.15) is 46.0 Å². The molecule has 1 fully saturated rings. The lowest BCUT2D eigenvalue weighted by Crippen LogP contribution is -2.54. The second-order valence-electron chi connectivity index (χ2n) is 5.14. The lowest BCUT2D eigenvalue weighted by Gasteiger charge is -2.39. The van der Waals surface area contributed by atoms with Crippen molar-refractivity contribution in [1.29, 1.82) is 0 Å². The molecule has 104 valence electrons. The first-order valence-electron chi connectivity index (χ1n) is 6.70. The van der Waals surface area contributed by atoms with Gasteiger partial charge in [0.1, 0.15) is 0 Å². The quantitative estimate of drug-likeness (QED) is 0.582. The molecule has 0 bridgehead atoms. The van der Waals surface area contributed by atoms with Gasteiger partial charge in [0.15, 0.2) is 0 Å². The minimum absolute atomic E-state index is 0.0354. The normalized spacial score (nSPS) is 31.3. The van der Waals surface area contributed by atoms with Crippen molar-refractivity contribution >= 4 is 11.9 Å². The number of likely N-dealkylation sites (tertiary alicyclic amines) is 1. The number of carboxylic acid groups (broad SMARTS) is 1. The van der Waals surface area contributed by atoms with Gasteiger partial charge in [0.25, 0.3) is 0 Å². The molecule has 1 N–H and O–H groups in total. The molecule has 1 aliphatic rings. The third-order valence-electron chi connectivity index (χ3n) is 4.20. The lowest BCUT2D eigenvalue weighted by molar-refractivity contribution is -0.959. The van der Waals surface area contributed by atoms with Crippen molar-refractivity contribution in [2.75, 3.05) is 13.6 Å². The maximum Gasteiger partial charge on any atom is 0.310 e. The maximum absolute atomic E-state index is 11.6. The summed E-state index contributed by atoms with van der Waals surface area (Å²) in [5, 5.41) is 8.54. The minimum atomic E-state index is -0.961. The van der Waals surface area contributed by atoms with E-state index in [0.29, 0.717) is 6.04 Å². The van der Waals surface area contributed by atoms with Crippen LogP contribution < -0.4 is 0 Å². The Morgan fingerprint density at radius 3 is 2.44 bits per heavy atom. The predicted octanol–water partition coefficient (Wildman–Crippen LogP) is 1.76. The zero-order chi connectivity index (χ0) is 13.8. The largest absolute Gasteiger partial charge is 0.481 e. The van der Waals surface area contributed by atoms with Gasteiger partial charge in [-0.2, -0.15) is 0 Å². The van der Waals surface area contributed by atoms with Crippen molar-refractivity contribution in [3.05, 3.63) is 0 Å². The Kier molecular flexibility index (Phi) is 5.14.